The van der Waals surface area contributed by atoms with E-state index in [4.69, 9.17) is 9.47 Å². The van der Waals surface area contributed by atoms with Gasteiger partial charge in [-0.3, -0.25) is 4.79 Å². The lowest BCUT2D eigenvalue weighted by molar-refractivity contribution is -0.143. The average molecular weight is 298 g/mol. The lowest BCUT2D eigenvalue weighted by atomic mass is 10.1. The minimum Gasteiger partial charge on any atom is -0.466 e. The van der Waals surface area contributed by atoms with Gasteiger partial charge in [0.1, 0.15) is 0 Å². The van der Waals surface area contributed by atoms with Crippen molar-refractivity contribution in [2.24, 2.45) is 5.92 Å². The standard InChI is InChI=1S/C14H22N2O3S/c1-3-19-13(17)5-4-12-10-20-14(15-12)16-7-6-11(8-16)9-18-2/h10-11H,3-9H2,1-2H3. The molecule has 1 aliphatic rings. The molecular weight excluding hydrogens is 276 g/mol. The number of anilines is 1. The molecule has 0 radical (unpaired) electrons. The molecule has 1 aromatic heterocycles. The summed E-state index contributed by atoms with van der Waals surface area (Å²) in [5, 5.41) is 3.10. The van der Waals surface area contributed by atoms with E-state index < -0.39 is 0 Å². The van der Waals surface area contributed by atoms with Crippen molar-refractivity contribution in [1.29, 1.82) is 0 Å². The summed E-state index contributed by atoms with van der Waals surface area (Å²) >= 11 is 1.65. The number of carbonyl (C=O) groups excluding carboxylic acids is 1. The first kappa shape index (κ1) is 15.3. The molecule has 1 aromatic rings. The van der Waals surface area contributed by atoms with Crippen LogP contribution in [0.25, 0.3) is 0 Å². The maximum absolute atomic E-state index is 11.3. The molecule has 0 amide bonds. The average Bonchev–Trinajstić information content (AvgIpc) is 3.05. The highest BCUT2D eigenvalue weighted by Gasteiger charge is 2.24. The number of methoxy groups -OCH3 is 1. The Bertz CT molecular complexity index is 436. The van der Waals surface area contributed by atoms with Crippen molar-refractivity contribution >= 4 is 22.4 Å². The fourth-order valence-corrected chi connectivity index (χ4v) is 3.29. The van der Waals surface area contributed by atoms with E-state index in [2.05, 4.69) is 9.88 Å². The molecule has 112 valence electrons. The molecule has 1 saturated heterocycles. The van der Waals surface area contributed by atoms with Crippen LogP contribution in [0.5, 0.6) is 0 Å². The Morgan fingerprint density at radius 3 is 3.20 bits per heavy atom. The highest BCUT2D eigenvalue weighted by Crippen LogP contribution is 2.27. The predicted octanol–water partition coefficient (Wildman–Crippen LogP) is 2.11. The van der Waals surface area contributed by atoms with Crippen LogP contribution in [0.4, 0.5) is 5.13 Å². The van der Waals surface area contributed by atoms with E-state index in [1.807, 2.05) is 12.3 Å². The van der Waals surface area contributed by atoms with Crippen molar-refractivity contribution in [2.45, 2.75) is 26.2 Å². The van der Waals surface area contributed by atoms with Crippen molar-refractivity contribution in [3.05, 3.63) is 11.1 Å². The molecule has 1 aliphatic heterocycles. The molecule has 0 N–H and O–H groups in total. The van der Waals surface area contributed by atoms with Gasteiger partial charge in [0.15, 0.2) is 5.13 Å². The largest absolute Gasteiger partial charge is 0.466 e. The molecule has 0 aliphatic carbocycles. The van der Waals surface area contributed by atoms with Gasteiger partial charge >= 0.3 is 5.97 Å². The van der Waals surface area contributed by atoms with Gasteiger partial charge < -0.3 is 14.4 Å². The van der Waals surface area contributed by atoms with E-state index in [-0.39, 0.29) is 5.97 Å². The van der Waals surface area contributed by atoms with Crippen LogP contribution in [-0.2, 0) is 20.7 Å². The van der Waals surface area contributed by atoms with Crippen LogP contribution >= 0.6 is 11.3 Å². The summed E-state index contributed by atoms with van der Waals surface area (Å²) in [6.07, 6.45) is 2.22. The number of thiazole rings is 1. The Morgan fingerprint density at radius 1 is 1.60 bits per heavy atom. The number of rotatable bonds is 7. The molecule has 0 saturated carbocycles. The molecule has 0 bridgehead atoms. The van der Waals surface area contributed by atoms with E-state index in [0.29, 0.717) is 25.4 Å². The molecule has 1 unspecified atom stereocenters. The molecule has 2 heterocycles. The molecule has 1 fully saturated rings. The maximum Gasteiger partial charge on any atom is 0.306 e. The third-order valence-corrected chi connectivity index (χ3v) is 4.34. The number of aryl methyl sites for hydroxylation is 1. The van der Waals surface area contributed by atoms with Gasteiger partial charge in [-0.2, -0.15) is 0 Å². The van der Waals surface area contributed by atoms with Crippen molar-refractivity contribution in [3.8, 4) is 0 Å². The summed E-state index contributed by atoms with van der Waals surface area (Å²) in [6, 6.07) is 0. The summed E-state index contributed by atoms with van der Waals surface area (Å²) in [5.41, 5.74) is 0.980. The zero-order chi connectivity index (χ0) is 14.4. The Kier molecular flexibility index (Phi) is 5.79. The van der Waals surface area contributed by atoms with Crippen molar-refractivity contribution < 1.29 is 14.3 Å². The number of hydrogen-bond acceptors (Lipinski definition) is 6. The van der Waals surface area contributed by atoms with Crippen molar-refractivity contribution in [3.63, 3.8) is 0 Å². The van der Waals surface area contributed by atoms with E-state index in [0.717, 1.165) is 36.9 Å². The first-order chi connectivity index (χ1) is 9.72. The number of nitrogens with zero attached hydrogens (tertiary/aromatic N) is 2. The normalized spacial score (nSPS) is 18.5. The third-order valence-electron chi connectivity index (χ3n) is 3.39. The number of ether oxygens (including phenoxy) is 2. The molecule has 5 nitrogen and oxygen atoms in total. The predicted molar refractivity (Wildman–Crippen MR) is 79.3 cm³/mol. The van der Waals surface area contributed by atoms with Gasteiger partial charge in [-0.05, 0) is 13.3 Å². The molecule has 0 aromatic carbocycles. The van der Waals surface area contributed by atoms with Crippen LogP contribution in [0.1, 0.15) is 25.5 Å². The fourth-order valence-electron chi connectivity index (χ4n) is 2.40. The molecular formula is C14H22N2O3S. The Balaban J connectivity index is 1.82. The minimum atomic E-state index is -0.150. The van der Waals surface area contributed by atoms with Crippen LogP contribution in [0, 0.1) is 5.92 Å². The summed E-state index contributed by atoms with van der Waals surface area (Å²) in [5.74, 6) is 0.454. The molecule has 20 heavy (non-hydrogen) atoms. The van der Waals surface area contributed by atoms with Crippen LogP contribution in [0.2, 0.25) is 0 Å². The van der Waals surface area contributed by atoms with Gasteiger partial charge in [0.05, 0.1) is 25.3 Å². The van der Waals surface area contributed by atoms with Gasteiger partial charge in [0.25, 0.3) is 0 Å². The van der Waals surface area contributed by atoms with Gasteiger partial charge in [-0.25, -0.2) is 4.98 Å². The highest BCUT2D eigenvalue weighted by molar-refractivity contribution is 7.13. The Morgan fingerprint density at radius 2 is 2.45 bits per heavy atom. The lowest BCUT2D eigenvalue weighted by Gasteiger charge is -2.14. The Hall–Kier alpha value is -1.14. The van der Waals surface area contributed by atoms with Crippen molar-refractivity contribution in [1.82, 2.24) is 4.98 Å². The Labute approximate surface area is 123 Å². The van der Waals surface area contributed by atoms with Crippen LogP contribution < -0.4 is 4.90 Å². The van der Waals surface area contributed by atoms with Crippen LogP contribution in [-0.4, -0.2) is 44.4 Å². The quantitative estimate of drug-likeness (QED) is 0.722. The number of hydrogen-bond donors (Lipinski definition) is 0. The maximum atomic E-state index is 11.3. The van der Waals surface area contributed by atoms with Crippen molar-refractivity contribution in [2.75, 3.05) is 38.3 Å². The molecule has 1 atom stereocenters. The highest BCUT2D eigenvalue weighted by atomic mass is 32.1. The minimum absolute atomic E-state index is 0.150. The SMILES string of the molecule is CCOC(=O)CCc1csc(N2CCC(COC)C2)n1. The summed E-state index contributed by atoms with van der Waals surface area (Å²) < 4.78 is 10.1. The van der Waals surface area contributed by atoms with Crippen LogP contribution in [0.3, 0.4) is 0 Å². The van der Waals surface area contributed by atoms with Crippen LogP contribution in [0.15, 0.2) is 5.38 Å². The lowest BCUT2D eigenvalue weighted by Crippen LogP contribution is -2.20. The van der Waals surface area contributed by atoms with Gasteiger partial charge in [0, 0.05) is 37.9 Å². The smallest absolute Gasteiger partial charge is 0.306 e. The number of aromatic nitrogens is 1. The zero-order valence-corrected chi connectivity index (χ0v) is 12.9. The third kappa shape index (κ3) is 4.18. The van der Waals surface area contributed by atoms with E-state index in [9.17, 15) is 4.79 Å². The summed E-state index contributed by atoms with van der Waals surface area (Å²) in [7, 11) is 1.75. The second kappa shape index (κ2) is 7.59. The second-order valence-electron chi connectivity index (χ2n) is 4.98. The van der Waals surface area contributed by atoms with E-state index >= 15 is 0 Å². The molecule has 6 heteroatoms. The second-order valence-corrected chi connectivity index (χ2v) is 5.82. The summed E-state index contributed by atoms with van der Waals surface area (Å²) in [6.45, 7) is 5.13. The first-order valence-electron chi connectivity index (χ1n) is 7.06. The van der Waals surface area contributed by atoms with Gasteiger partial charge in [0.2, 0.25) is 0 Å². The zero-order valence-electron chi connectivity index (χ0n) is 12.1. The van der Waals surface area contributed by atoms with Gasteiger partial charge in [-0.1, -0.05) is 0 Å². The fraction of sp³-hybridized carbons (Fsp3) is 0.714. The van der Waals surface area contributed by atoms with E-state index in [1.54, 1.807) is 18.4 Å². The molecule has 2 rings (SSSR count). The number of carbonyl (C=O) groups is 1. The van der Waals surface area contributed by atoms with E-state index in [1.165, 1.54) is 0 Å². The topological polar surface area (TPSA) is 51.7 Å². The number of esters is 1. The monoisotopic (exact) mass is 298 g/mol. The summed E-state index contributed by atoms with van der Waals surface area (Å²) in [4.78, 5) is 18.2. The first-order valence-corrected chi connectivity index (χ1v) is 7.94. The molecule has 0 spiro atoms. The van der Waals surface area contributed by atoms with Gasteiger partial charge in [-0.15, -0.1) is 11.3 Å².